The lowest BCUT2D eigenvalue weighted by molar-refractivity contribution is -0.118. The smallest absolute Gasteiger partial charge is 0.475 e. The SMILES string of the molecule is COc1cccc2occ(CC(NC(=O)CSC)B(O)O)c12. The molecule has 0 saturated carbocycles. The molecule has 2 rings (SSSR count). The molecule has 0 aliphatic carbocycles. The number of nitrogens with one attached hydrogen (secondary N) is 1. The van der Waals surface area contributed by atoms with E-state index in [0.717, 1.165) is 10.9 Å². The molecule has 1 aromatic heterocycles. The molecule has 0 spiro atoms. The van der Waals surface area contributed by atoms with Crippen LogP contribution in [0.2, 0.25) is 0 Å². The zero-order valence-corrected chi connectivity index (χ0v) is 13.2. The molecule has 3 N–H and O–H groups in total. The number of hydrogen-bond acceptors (Lipinski definition) is 6. The number of fused-ring (bicyclic) bond motifs is 1. The van der Waals surface area contributed by atoms with E-state index in [0.29, 0.717) is 11.3 Å². The number of benzene rings is 1. The van der Waals surface area contributed by atoms with Crippen LogP contribution < -0.4 is 10.1 Å². The fraction of sp³-hybridized carbons (Fsp3) is 0.357. The molecule has 0 aliphatic rings. The van der Waals surface area contributed by atoms with Gasteiger partial charge in [0.15, 0.2) is 0 Å². The lowest BCUT2D eigenvalue weighted by atomic mass is 9.76. The van der Waals surface area contributed by atoms with E-state index in [1.54, 1.807) is 31.8 Å². The molecule has 1 amide bonds. The van der Waals surface area contributed by atoms with Crippen LogP contribution in [0.25, 0.3) is 11.0 Å². The van der Waals surface area contributed by atoms with E-state index in [4.69, 9.17) is 9.15 Å². The Morgan fingerprint density at radius 3 is 2.91 bits per heavy atom. The number of carbonyl (C=O) groups excluding carboxylic acids is 1. The maximum atomic E-state index is 11.7. The summed E-state index contributed by atoms with van der Waals surface area (Å²) >= 11 is 1.37. The maximum Gasteiger partial charge on any atom is 0.475 e. The van der Waals surface area contributed by atoms with Crippen molar-refractivity contribution in [3.8, 4) is 5.75 Å². The number of furan rings is 1. The van der Waals surface area contributed by atoms with Gasteiger partial charge in [0.1, 0.15) is 11.3 Å². The zero-order valence-electron chi connectivity index (χ0n) is 12.4. The summed E-state index contributed by atoms with van der Waals surface area (Å²) in [5.74, 6) is -0.155. The van der Waals surface area contributed by atoms with Gasteiger partial charge in [-0.1, -0.05) is 6.07 Å². The predicted octanol–water partition coefficient (Wildman–Crippen LogP) is 0.844. The van der Waals surface area contributed by atoms with Crippen molar-refractivity contribution in [1.82, 2.24) is 5.32 Å². The number of thioether (sulfide) groups is 1. The van der Waals surface area contributed by atoms with Crippen LogP contribution in [0.5, 0.6) is 5.75 Å². The molecule has 0 fully saturated rings. The van der Waals surface area contributed by atoms with E-state index >= 15 is 0 Å². The van der Waals surface area contributed by atoms with Crippen LogP contribution in [0.1, 0.15) is 5.56 Å². The highest BCUT2D eigenvalue weighted by atomic mass is 32.2. The van der Waals surface area contributed by atoms with Gasteiger partial charge in [0, 0.05) is 5.56 Å². The van der Waals surface area contributed by atoms with Gasteiger partial charge in [-0.3, -0.25) is 4.79 Å². The Morgan fingerprint density at radius 2 is 2.27 bits per heavy atom. The molecular weight excluding hydrogens is 305 g/mol. The summed E-state index contributed by atoms with van der Waals surface area (Å²) in [5, 5.41) is 22.4. The first-order valence-electron chi connectivity index (χ1n) is 6.74. The average molecular weight is 323 g/mol. The fourth-order valence-corrected chi connectivity index (χ4v) is 2.63. The molecule has 1 aromatic carbocycles. The van der Waals surface area contributed by atoms with Crippen molar-refractivity contribution in [3.63, 3.8) is 0 Å². The first-order chi connectivity index (χ1) is 10.6. The number of amides is 1. The number of ether oxygens (including phenoxy) is 1. The van der Waals surface area contributed by atoms with E-state index in [-0.39, 0.29) is 18.1 Å². The lowest BCUT2D eigenvalue weighted by Crippen LogP contribution is -2.48. The van der Waals surface area contributed by atoms with Gasteiger partial charge in [-0.2, -0.15) is 11.8 Å². The van der Waals surface area contributed by atoms with E-state index in [9.17, 15) is 14.8 Å². The van der Waals surface area contributed by atoms with Crippen LogP contribution in [0.15, 0.2) is 28.9 Å². The van der Waals surface area contributed by atoms with Gasteiger partial charge >= 0.3 is 7.12 Å². The van der Waals surface area contributed by atoms with Crippen LogP contribution in [-0.4, -0.2) is 48.1 Å². The summed E-state index contributed by atoms with van der Waals surface area (Å²) in [6, 6.07) is 5.42. The average Bonchev–Trinajstić information content (AvgIpc) is 2.90. The van der Waals surface area contributed by atoms with E-state index in [1.807, 2.05) is 6.07 Å². The Kier molecular flexibility index (Phi) is 5.76. The van der Waals surface area contributed by atoms with Gasteiger partial charge in [0.25, 0.3) is 0 Å². The van der Waals surface area contributed by atoms with Crippen molar-refractivity contribution in [1.29, 1.82) is 0 Å². The molecule has 0 radical (unpaired) electrons. The minimum atomic E-state index is -1.66. The maximum absolute atomic E-state index is 11.7. The molecule has 118 valence electrons. The molecule has 0 bridgehead atoms. The molecule has 1 heterocycles. The molecule has 0 saturated heterocycles. The number of methoxy groups -OCH3 is 1. The van der Waals surface area contributed by atoms with Crippen LogP contribution in [0.4, 0.5) is 0 Å². The Bertz CT molecular complexity index is 645. The van der Waals surface area contributed by atoms with E-state index in [1.165, 1.54) is 11.8 Å². The summed E-state index contributed by atoms with van der Waals surface area (Å²) in [4.78, 5) is 11.7. The highest BCUT2D eigenvalue weighted by Gasteiger charge is 2.27. The molecule has 6 nitrogen and oxygen atoms in total. The van der Waals surface area contributed by atoms with Gasteiger partial charge in [-0.05, 0) is 24.8 Å². The van der Waals surface area contributed by atoms with Crippen LogP contribution in [0, 0.1) is 0 Å². The third kappa shape index (κ3) is 3.76. The second kappa shape index (κ2) is 7.57. The third-order valence-electron chi connectivity index (χ3n) is 3.28. The summed E-state index contributed by atoms with van der Waals surface area (Å²) in [6.45, 7) is 0. The Labute approximate surface area is 133 Å². The lowest BCUT2D eigenvalue weighted by Gasteiger charge is -2.17. The topological polar surface area (TPSA) is 91.9 Å². The molecule has 8 heteroatoms. The first kappa shape index (κ1) is 16.7. The van der Waals surface area contributed by atoms with E-state index in [2.05, 4.69) is 5.32 Å². The predicted molar refractivity (Wildman–Crippen MR) is 87.0 cm³/mol. The van der Waals surface area contributed by atoms with Crippen molar-refractivity contribution in [2.24, 2.45) is 0 Å². The van der Waals surface area contributed by atoms with Crippen molar-refractivity contribution >= 4 is 35.8 Å². The third-order valence-corrected chi connectivity index (χ3v) is 3.83. The van der Waals surface area contributed by atoms with Gasteiger partial charge in [0.2, 0.25) is 5.91 Å². The quantitative estimate of drug-likeness (QED) is 0.654. The Balaban J connectivity index is 2.25. The van der Waals surface area contributed by atoms with Crippen molar-refractivity contribution < 1.29 is 24.0 Å². The zero-order chi connectivity index (χ0) is 16.1. The minimum absolute atomic E-state index is 0.227. The monoisotopic (exact) mass is 323 g/mol. The summed E-state index contributed by atoms with van der Waals surface area (Å²) in [7, 11) is -0.102. The van der Waals surface area contributed by atoms with Crippen molar-refractivity contribution in [3.05, 3.63) is 30.0 Å². The highest BCUT2D eigenvalue weighted by molar-refractivity contribution is 7.99. The van der Waals surface area contributed by atoms with Gasteiger partial charge in [0.05, 0.1) is 30.5 Å². The normalized spacial score (nSPS) is 12.2. The van der Waals surface area contributed by atoms with Crippen LogP contribution >= 0.6 is 11.8 Å². The van der Waals surface area contributed by atoms with Gasteiger partial charge < -0.3 is 24.5 Å². The van der Waals surface area contributed by atoms with Crippen molar-refractivity contribution in [2.45, 2.75) is 12.4 Å². The molecular formula is C14H18BNO5S. The van der Waals surface area contributed by atoms with Gasteiger partial charge in [-0.25, -0.2) is 0 Å². The Hall–Kier alpha value is -1.64. The van der Waals surface area contributed by atoms with Gasteiger partial charge in [-0.15, -0.1) is 0 Å². The summed E-state index contributed by atoms with van der Waals surface area (Å²) in [5.41, 5.74) is 1.39. The largest absolute Gasteiger partial charge is 0.496 e. The molecule has 22 heavy (non-hydrogen) atoms. The van der Waals surface area contributed by atoms with Crippen LogP contribution in [0.3, 0.4) is 0 Å². The molecule has 1 atom stereocenters. The standard InChI is InChI=1S/C14H18BNO5S/c1-20-10-4-3-5-11-14(10)9(7-21-11)6-12(15(18)19)16-13(17)8-22-2/h3-5,7,12,18-19H,6,8H2,1-2H3,(H,16,17). The fourth-order valence-electron chi connectivity index (χ4n) is 2.29. The van der Waals surface area contributed by atoms with Crippen molar-refractivity contribution in [2.75, 3.05) is 19.1 Å². The molecule has 2 aromatic rings. The first-order valence-corrected chi connectivity index (χ1v) is 8.13. The second-order valence-corrected chi connectivity index (χ2v) is 5.69. The highest BCUT2D eigenvalue weighted by Crippen LogP contribution is 2.31. The summed E-state index contributed by atoms with van der Waals surface area (Å²) in [6.07, 6.45) is 3.58. The van der Waals surface area contributed by atoms with E-state index < -0.39 is 13.1 Å². The Morgan fingerprint density at radius 1 is 1.50 bits per heavy atom. The molecule has 0 aliphatic heterocycles. The minimum Gasteiger partial charge on any atom is -0.496 e. The molecule has 1 unspecified atom stereocenters. The number of carbonyl (C=O) groups is 1. The summed E-state index contributed by atoms with van der Waals surface area (Å²) < 4.78 is 10.8. The number of rotatable bonds is 7. The van der Waals surface area contributed by atoms with Crippen LogP contribution in [-0.2, 0) is 11.2 Å². The number of hydrogen-bond donors (Lipinski definition) is 3. The second-order valence-electron chi connectivity index (χ2n) is 4.82.